The highest BCUT2D eigenvalue weighted by atomic mass is 32.2. The third-order valence-corrected chi connectivity index (χ3v) is 5.51. The molecule has 2 amide bonds. The lowest BCUT2D eigenvalue weighted by molar-refractivity contribution is -0.148. The topological polar surface area (TPSA) is 77.9 Å². The molecule has 0 aromatic heterocycles. The van der Waals surface area contributed by atoms with E-state index in [0.717, 1.165) is 12.8 Å². The Hall–Kier alpha value is -1.11. The first-order chi connectivity index (χ1) is 9.51. The zero-order valence-electron chi connectivity index (χ0n) is 11.8. The Morgan fingerprint density at radius 2 is 1.90 bits per heavy atom. The van der Waals surface area contributed by atoms with Crippen LogP contribution in [0.25, 0.3) is 0 Å². The summed E-state index contributed by atoms with van der Waals surface area (Å²) in [7, 11) is -0.839. The van der Waals surface area contributed by atoms with Crippen LogP contribution in [0.1, 0.15) is 32.6 Å². The van der Waals surface area contributed by atoms with Crippen molar-refractivity contribution in [2.75, 3.05) is 31.1 Å². The number of rotatable bonds is 3. The number of carboxylic acids is 1. The molecule has 114 valence electrons. The van der Waals surface area contributed by atoms with Crippen molar-refractivity contribution in [2.45, 2.75) is 38.1 Å². The first-order valence-corrected chi connectivity index (χ1v) is 8.65. The number of likely N-dealkylation sites (tertiary alicyclic amines) is 1. The van der Waals surface area contributed by atoms with E-state index in [9.17, 15) is 18.9 Å². The maximum absolute atomic E-state index is 12.6. The average molecular weight is 302 g/mol. The molecule has 2 heterocycles. The van der Waals surface area contributed by atoms with Gasteiger partial charge in [0.1, 0.15) is 5.54 Å². The number of amides is 2. The first kappa shape index (κ1) is 15.3. The molecule has 7 heteroatoms. The summed E-state index contributed by atoms with van der Waals surface area (Å²) in [4.78, 5) is 27.5. The zero-order valence-corrected chi connectivity index (χ0v) is 12.7. The molecule has 0 radical (unpaired) electrons. The maximum atomic E-state index is 12.6. The maximum Gasteiger partial charge on any atom is 0.329 e. The largest absolute Gasteiger partial charge is 0.479 e. The number of hydrogen-bond acceptors (Lipinski definition) is 3. The minimum absolute atomic E-state index is 0.199. The molecular formula is C13H22N2O4S. The second kappa shape index (κ2) is 6.11. The summed E-state index contributed by atoms with van der Waals surface area (Å²) >= 11 is 0. The molecule has 1 unspecified atom stereocenters. The molecule has 6 nitrogen and oxygen atoms in total. The fourth-order valence-electron chi connectivity index (χ4n) is 3.16. The van der Waals surface area contributed by atoms with E-state index in [2.05, 4.69) is 0 Å². The van der Waals surface area contributed by atoms with E-state index in [4.69, 9.17) is 0 Å². The molecule has 1 N–H and O–H groups in total. The van der Waals surface area contributed by atoms with Crippen molar-refractivity contribution in [2.24, 2.45) is 0 Å². The molecule has 1 atom stereocenters. The van der Waals surface area contributed by atoms with Crippen LogP contribution in [0.5, 0.6) is 0 Å². The highest BCUT2D eigenvalue weighted by Gasteiger charge is 2.50. The van der Waals surface area contributed by atoms with Crippen LogP contribution in [-0.4, -0.2) is 67.8 Å². The summed E-state index contributed by atoms with van der Waals surface area (Å²) in [6, 6.07) is -0.199. The molecule has 0 saturated carbocycles. The van der Waals surface area contributed by atoms with Crippen molar-refractivity contribution in [3.63, 3.8) is 0 Å². The van der Waals surface area contributed by atoms with Crippen LogP contribution in [0.4, 0.5) is 4.79 Å². The molecule has 2 fully saturated rings. The number of carbonyl (C=O) groups excluding carboxylic acids is 1. The minimum Gasteiger partial charge on any atom is -0.479 e. The third kappa shape index (κ3) is 2.68. The molecule has 2 aliphatic heterocycles. The SMILES string of the molecule is CCCC1(C(=O)O)CCCN1C(=O)N1CCS(=O)CC1. The molecule has 0 aromatic rings. The van der Waals surface area contributed by atoms with Crippen molar-refractivity contribution < 1.29 is 18.9 Å². The lowest BCUT2D eigenvalue weighted by Gasteiger charge is -2.39. The number of nitrogens with zero attached hydrogens (tertiary/aromatic N) is 2. The van der Waals surface area contributed by atoms with Gasteiger partial charge in [0, 0.05) is 41.9 Å². The van der Waals surface area contributed by atoms with Gasteiger partial charge in [-0.25, -0.2) is 9.59 Å². The number of carboxylic acid groups (broad SMARTS) is 1. The summed E-state index contributed by atoms with van der Waals surface area (Å²) in [6.07, 6.45) is 2.49. The molecule has 2 aliphatic rings. The molecule has 20 heavy (non-hydrogen) atoms. The molecular weight excluding hydrogens is 280 g/mol. The summed E-state index contributed by atoms with van der Waals surface area (Å²) < 4.78 is 11.4. The van der Waals surface area contributed by atoms with Gasteiger partial charge in [-0.15, -0.1) is 0 Å². The van der Waals surface area contributed by atoms with E-state index >= 15 is 0 Å². The monoisotopic (exact) mass is 302 g/mol. The highest BCUT2D eigenvalue weighted by Crippen LogP contribution is 2.35. The van der Waals surface area contributed by atoms with Crippen LogP contribution < -0.4 is 0 Å². The summed E-state index contributed by atoms with van der Waals surface area (Å²) in [6.45, 7) is 3.37. The Balaban J connectivity index is 2.15. The fraction of sp³-hybridized carbons (Fsp3) is 0.846. The molecule has 0 aromatic carbocycles. The van der Waals surface area contributed by atoms with Gasteiger partial charge in [-0.2, -0.15) is 0 Å². The number of carbonyl (C=O) groups is 2. The van der Waals surface area contributed by atoms with Gasteiger partial charge < -0.3 is 14.9 Å². The van der Waals surface area contributed by atoms with Crippen LogP contribution in [0.2, 0.25) is 0 Å². The van der Waals surface area contributed by atoms with E-state index in [1.54, 1.807) is 4.90 Å². The molecule has 0 bridgehead atoms. The van der Waals surface area contributed by atoms with Crippen molar-refractivity contribution in [1.82, 2.24) is 9.80 Å². The van der Waals surface area contributed by atoms with Gasteiger partial charge in [0.05, 0.1) is 0 Å². The lowest BCUT2D eigenvalue weighted by atomic mass is 9.91. The Morgan fingerprint density at radius 3 is 2.45 bits per heavy atom. The zero-order chi connectivity index (χ0) is 14.8. The summed E-state index contributed by atoms with van der Waals surface area (Å²) in [5.74, 6) is 0.0895. The normalized spacial score (nSPS) is 27.9. The predicted octanol–water partition coefficient (Wildman–Crippen LogP) is 0.890. The molecule has 0 spiro atoms. The average Bonchev–Trinajstić information content (AvgIpc) is 2.84. The van der Waals surface area contributed by atoms with Crippen molar-refractivity contribution in [3.8, 4) is 0 Å². The standard InChI is InChI=1S/C13H22N2O4S/c1-2-4-13(11(16)17)5-3-6-15(13)12(18)14-7-9-20(19)10-8-14/h2-10H2,1H3,(H,16,17). The van der Waals surface area contributed by atoms with Gasteiger partial charge in [-0.05, 0) is 19.3 Å². The van der Waals surface area contributed by atoms with Gasteiger partial charge in [0.2, 0.25) is 0 Å². The highest BCUT2D eigenvalue weighted by molar-refractivity contribution is 7.85. The Morgan fingerprint density at radius 1 is 1.25 bits per heavy atom. The summed E-state index contributed by atoms with van der Waals surface area (Å²) in [5.41, 5.74) is -1.04. The van der Waals surface area contributed by atoms with Crippen LogP contribution in [0, 0.1) is 0 Å². The summed E-state index contributed by atoms with van der Waals surface area (Å²) in [5, 5.41) is 9.59. The van der Waals surface area contributed by atoms with E-state index in [1.165, 1.54) is 4.90 Å². The van der Waals surface area contributed by atoms with Gasteiger partial charge >= 0.3 is 12.0 Å². The van der Waals surface area contributed by atoms with Crippen molar-refractivity contribution in [3.05, 3.63) is 0 Å². The molecule has 2 saturated heterocycles. The number of urea groups is 1. The van der Waals surface area contributed by atoms with E-state index in [0.29, 0.717) is 44.0 Å². The van der Waals surface area contributed by atoms with Gasteiger partial charge in [0.15, 0.2) is 0 Å². The fourth-order valence-corrected chi connectivity index (χ4v) is 4.21. The Bertz CT molecular complexity index is 419. The van der Waals surface area contributed by atoms with Gasteiger partial charge in [-0.1, -0.05) is 13.3 Å². The van der Waals surface area contributed by atoms with Crippen LogP contribution >= 0.6 is 0 Å². The van der Waals surface area contributed by atoms with Crippen LogP contribution in [0.15, 0.2) is 0 Å². The first-order valence-electron chi connectivity index (χ1n) is 7.16. The minimum atomic E-state index is -1.04. The van der Waals surface area contributed by atoms with E-state index < -0.39 is 22.3 Å². The number of aliphatic carboxylic acids is 1. The Labute approximate surface area is 121 Å². The van der Waals surface area contributed by atoms with E-state index in [-0.39, 0.29) is 6.03 Å². The quantitative estimate of drug-likeness (QED) is 0.840. The number of hydrogen-bond donors (Lipinski definition) is 1. The second-order valence-electron chi connectivity index (χ2n) is 5.46. The van der Waals surface area contributed by atoms with Gasteiger partial charge in [-0.3, -0.25) is 4.21 Å². The van der Waals surface area contributed by atoms with Crippen molar-refractivity contribution in [1.29, 1.82) is 0 Å². The van der Waals surface area contributed by atoms with E-state index in [1.807, 2.05) is 6.92 Å². The van der Waals surface area contributed by atoms with Crippen molar-refractivity contribution >= 4 is 22.8 Å². The molecule has 0 aliphatic carbocycles. The predicted molar refractivity (Wildman–Crippen MR) is 76.1 cm³/mol. The second-order valence-corrected chi connectivity index (χ2v) is 7.16. The Kier molecular flexibility index (Phi) is 4.67. The van der Waals surface area contributed by atoms with Gasteiger partial charge in [0.25, 0.3) is 0 Å². The molecule has 2 rings (SSSR count). The third-order valence-electron chi connectivity index (χ3n) is 4.23. The van der Waals surface area contributed by atoms with Crippen LogP contribution in [0.3, 0.4) is 0 Å². The lowest BCUT2D eigenvalue weighted by Crippen LogP contribution is -2.58. The van der Waals surface area contributed by atoms with Crippen LogP contribution in [-0.2, 0) is 15.6 Å². The smallest absolute Gasteiger partial charge is 0.329 e.